The maximum Gasteiger partial charge on any atom is 0.498 e. The molecule has 1 saturated heterocycles. The van der Waals surface area contributed by atoms with Crippen LogP contribution in [0.4, 0.5) is 0 Å². The smallest absolute Gasteiger partial charge is 0.469 e. The number of esters is 1. The van der Waals surface area contributed by atoms with Crippen LogP contribution in [0.15, 0.2) is 12.4 Å². The van der Waals surface area contributed by atoms with E-state index in [9.17, 15) is 4.79 Å². The minimum Gasteiger partial charge on any atom is -0.469 e. The summed E-state index contributed by atoms with van der Waals surface area (Å²) >= 11 is 0. The number of methoxy groups -OCH3 is 1. The summed E-state index contributed by atoms with van der Waals surface area (Å²) in [6, 6.07) is 0. The predicted octanol–water partition coefficient (Wildman–Crippen LogP) is 0.881. The van der Waals surface area contributed by atoms with E-state index in [1.165, 1.54) is 7.11 Å². The number of rotatable bonds is 4. The fourth-order valence-electron chi connectivity index (χ4n) is 1.91. The van der Waals surface area contributed by atoms with Gasteiger partial charge in [0.25, 0.3) is 0 Å². The number of aryl methyl sites for hydroxylation is 1. The first-order chi connectivity index (χ1) is 9.75. The monoisotopic (exact) mass is 292 g/mol. The Morgan fingerprint density at radius 2 is 1.71 bits per heavy atom. The maximum atomic E-state index is 11.1. The molecule has 1 aliphatic heterocycles. The van der Waals surface area contributed by atoms with Crippen molar-refractivity contribution in [2.24, 2.45) is 0 Å². The molecule has 2 rings (SSSR count). The highest BCUT2D eigenvalue weighted by molar-refractivity contribution is 6.61. The summed E-state index contributed by atoms with van der Waals surface area (Å²) in [6.45, 7) is 7.99. The van der Waals surface area contributed by atoms with E-state index in [0.29, 0.717) is 12.2 Å². The van der Waals surface area contributed by atoms with E-state index in [1.54, 1.807) is 12.4 Å². The van der Waals surface area contributed by atoms with E-state index in [4.69, 9.17) is 9.31 Å². The second kappa shape index (κ2) is 5.73. The van der Waals surface area contributed by atoms with Crippen LogP contribution in [0.1, 0.15) is 39.9 Å². The van der Waals surface area contributed by atoms with Crippen LogP contribution in [-0.4, -0.2) is 41.4 Å². The van der Waals surface area contributed by atoms with Crippen LogP contribution in [0.2, 0.25) is 0 Å². The zero-order valence-electron chi connectivity index (χ0n) is 13.2. The Kier molecular flexibility index (Phi) is 4.34. The van der Waals surface area contributed by atoms with Crippen LogP contribution in [-0.2, 0) is 25.3 Å². The van der Waals surface area contributed by atoms with Crippen molar-refractivity contribution in [1.82, 2.24) is 9.97 Å². The molecule has 0 spiro atoms. The van der Waals surface area contributed by atoms with E-state index < -0.39 is 7.12 Å². The molecule has 1 aliphatic rings. The quantitative estimate of drug-likeness (QED) is 0.606. The standard InChI is InChI=1S/C14H21BN2O4/c1-13(2)14(3,4)21-15(20-13)10-8-16-11(17-9-10)6-7-12(18)19-5/h8-9H,6-7H2,1-5H3. The van der Waals surface area contributed by atoms with Crippen LogP contribution in [0.25, 0.3) is 0 Å². The Morgan fingerprint density at radius 3 is 2.19 bits per heavy atom. The highest BCUT2D eigenvalue weighted by Crippen LogP contribution is 2.36. The van der Waals surface area contributed by atoms with Gasteiger partial charge in [-0.3, -0.25) is 4.79 Å². The third-order valence-corrected chi connectivity index (χ3v) is 4.03. The molecule has 1 fully saturated rings. The molecule has 0 aromatic carbocycles. The summed E-state index contributed by atoms with van der Waals surface area (Å²) in [7, 11) is 0.898. The van der Waals surface area contributed by atoms with Crippen LogP contribution in [0.3, 0.4) is 0 Å². The van der Waals surface area contributed by atoms with Gasteiger partial charge in [0.15, 0.2) is 0 Å². The van der Waals surface area contributed by atoms with Crippen LogP contribution < -0.4 is 5.46 Å². The third-order valence-electron chi connectivity index (χ3n) is 4.03. The molecule has 0 radical (unpaired) electrons. The summed E-state index contributed by atoms with van der Waals surface area (Å²) in [6.07, 6.45) is 4.09. The van der Waals surface area contributed by atoms with E-state index in [-0.39, 0.29) is 23.6 Å². The third kappa shape index (κ3) is 3.41. The Labute approximate surface area is 125 Å². The van der Waals surface area contributed by atoms with E-state index >= 15 is 0 Å². The molecule has 0 saturated carbocycles. The van der Waals surface area contributed by atoms with E-state index in [1.807, 2.05) is 27.7 Å². The largest absolute Gasteiger partial charge is 0.498 e. The van der Waals surface area contributed by atoms with Crippen molar-refractivity contribution in [3.63, 3.8) is 0 Å². The summed E-state index contributed by atoms with van der Waals surface area (Å²) in [5.74, 6) is 0.328. The van der Waals surface area contributed by atoms with Gasteiger partial charge in [-0.2, -0.15) is 0 Å². The fourth-order valence-corrected chi connectivity index (χ4v) is 1.91. The molecule has 2 heterocycles. The number of carbonyl (C=O) groups excluding carboxylic acids is 1. The Hall–Kier alpha value is -1.47. The van der Waals surface area contributed by atoms with E-state index in [0.717, 1.165) is 5.46 Å². The van der Waals surface area contributed by atoms with Gasteiger partial charge >= 0.3 is 13.1 Å². The SMILES string of the molecule is COC(=O)CCc1ncc(B2OC(C)(C)C(C)(C)O2)cn1. The van der Waals surface area contributed by atoms with Gasteiger partial charge in [-0.05, 0) is 27.7 Å². The van der Waals surface area contributed by atoms with Crippen LogP contribution >= 0.6 is 0 Å². The first-order valence-corrected chi connectivity index (χ1v) is 6.98. The maximum absolute atomic E-state index is 11.1. The summed E-state index contributed by atoms with van der Waals surface area (Å²) in [5.41, 5.74) is -0.00177. The predicted molar refractivity (Wildman–Crippen MR) is 78.1 cm³/mol. The van der Waals surface area contributed by atoms with Crippen molar-refractivity contribution in [1.29, 1.82) is 0 Å². The number of aromatic nitrogens is 2. The summed E-state index contributed by atoms with van der Waals surface area (Å²) in [5, 5.41) is 0. The first kappa shape index (κ1) is 15.9. The minimum atomic E-state index is -0.468. The molecule has 0 N–H and O–H groups in total. The Bertz CT molecular complexity index is 500. The normalized spacial score (nSPS) is 19.6. The molecular formula is C14H21BN2O4. The average molecular weight is 292 g/mol. The van der Waals surface area contributed by atoms with Crippen molar-refractivity contribution >= 4 is 18.6 Å². The van der Waals surface area contributed by atoms with Gasteiger partial charge in [-0.1, -0.05) is 0 Å². The molecule has 7 heteroatoms. The van der Waals surface area contributed by atoms with Crippen molar-refractivity contribution in [3.8, 4) is 0 Å². The van der Waals surface area contributed by atoms with E-state index in [2.05, 4.69) is 14.7 Å². The lowest BCUT2D eigenvalue weighted by atomic mass is 9.81. The Morgan fingerprint density at radius 1 is 1.19 bits per heavy atom. The van der Waals surface area contributed by atoms with Crippen molar-refractivity contribution in [2.45, 2.75) is 51.7 Å². The number of nitrogens with zero attached hydrogens (tertiary/aromatic N) is 2. The molecule has 21 heavy (non-hydrogen) atoms. The van der Waals surface area contributed by atoms with Gasteiger partial charge in [0.2, 0.25) is 0 Å². The van der Waals surface area contributed by atoms with Crippen molar-refractivity contribution in [3.05, 3.63) is 18.2 Å². The zero-order valence-corrected chi connectivity index (χ0v) is 13.2. The highest BCUT2D eigenvalue weighted by atomic mass is 16.7. The van der Waals surface area contributed by atoms with Gasteiger partial charge in [0, 0.05) is 24.3 Å². The van der Waals surface area contributed by atoms with Crippen molar-refractivity contribution < 1.29 is 18.8 Å². The lowest BCUT2D eigenvalue weighted by molar-refractivity contribution is -0.140. The molecule has 0 unspecified atom stereocenters. The molecule has 0 aliphatic carbocycles. The number of hydrogen-bond donors (Lipinski definition) is 0. The number of carbonyl (C=O) groups is 1. The minimum absolute atomic E-state index is 0.270. The molecule has 6 nitrogen and oxygen atoms in total. The van der Waals surface area contributed by atoms with Gasteiger partial charge in [-0.15, -0.1) is 0 Å². The Balaban J connectivity index is 2.02. The molecule has 1 aromatic heterocycles. The topological polar surface area (TPSA) is 70.5 Å². The number of ether oxygens (including phenoxy) is 1. The second-order valence-corrected chi connectivity index (χ2v) is 6.10. The van der Waals surface area contributed by atoms with Crippen LogP contribution in [0, 0.1) is 0 Å². The molecule has 0 atom stereocenters. The average Bonchev–Trinajstić information content (AvgIpc) is 2.65. The molecule has 0 amide bonds. The fraction of sp³-hybridized carbons (Fsp3) is 0.643. The van der Waals surface area contributed by atoms with Gasteiger partial charge in [0.05, 0.1) is 24.7 Å². The molecular weight excluding hydrogens is 271 g/mol. The van der Waals surface area contributed by atoms with Gasteiger partial charge in [-0.25, -0.2) is 9.97 Å². The highest BCUT2D eigenvalue weighted by Gasteiger charge is 2.51. The second-order valence-electron chi connectivity index (χ2n) is 6.10. The lowest BCUT2D eigenvalue weighted by Gasteiger charge is -2.32. The lowest BCUT2D eigenvalue weighted by Crippen LogP contribution is -2.41. The zero-order chi connectivity index (χ0) is 15.7. The molecule has 0 bridgehead atoms. The van der Waals surface area contributed by atoms with Gasteiger partial charge < -0.3 is 14.0 Å². The van der Waals surface area contributed by atoms with Crippen LogP contribution in [0.5, 0.6) is 0 Å². The summed E-state index contributed by atoms with van der Waals surface area (Å²) in [4.78, 5) is 19.6. The van der Waals surface area contributed by atoms with Gasteiger partial charge in [0.1, 0.15) is 5.82 Å². The molecule has 114 valence electrons. The molecule has 1 aromatic rings. The summed E-state index contributed by atoms with van der Waals surface area (Å²) < 4.78 is 16.4. The first-order valence-electron chi connectivity index (χ1n) is 6.98. The number of hydrogen-bond acceptors (Lipinski definition) is 6. The van der Waals surface area contributed by atoms with Crippen molar-refractivity contribution in [2.75, 3.05) is 7.11 Å².